The van der Waals surface area contributed by atoms with E-state index >= 15 is 0 Å². The summed E-state index contributed by atoms with van der Waals surface area (Å²) in [6.07, 6.45) is 6.95. The van der Waals surface area contributed by atoms with E-state index in [0.717, 1.165) is 11.3 Å². The number of carbonyl (C=O) groups is 1. The number of nitrogens with one attached hydrogen (secondary N) is 2. The molecule has 2 heterocycles. The van der Waals surface area contributed by atoms with Gasteiger partial charge >= 0.3 is 0 Å². The molecule has 6 heteroatoms. The lowest BCUT2D eigenvalue weighted by Gasteiger charge is -2.14. The Balaban J connectivity index is 1.69. The van der Waals surface area contributed by atoms with Crippen LogP contribution in [-0.2, 0) is 0 Å². The van der Waals surface area contributed by atoms with Crippen LogP contribution >= 0.6 is 11.6 Å². The van der Waals surface area contributed by atoms with E-state index in [0.29, 0.717) is 10.7 Å². The second kappa shape index (κ2) is 6.07. The summed E-state index contributed by atoms with van der Waals surface area (Å²) in [6, 6.07) is 9.46. The predicted molar refractivity (Wildman–Crippen MR) is 85.2 cm³/mol. The SMILES string of the molecule is C[C@H](NC(=O)c1cc(Cl)c[nH]1)c1ccc(-n2ccnc2)cc1. The van der Waals surface area contributed by atoms with Crippen LogP contribution in [0.25, 0.3) is 5.69 Å². The lowest BCUT2D eigenvalue weighted by Crippen LogP contribution is -2.26. The fourth-order valence-corrected chi connectivity index (χ4v) is 2.37. The number of aromatic nitrogens is 3. The first-order valence-electron chi connectivity index (χ1n) is 6.86. The van der Waals surface area contributed by atoms with Gasteiger partial charge in [-0.1, -0.05) is 23.7 Å². The maximum absolute atomic E-state index is 12.1. The molecule has 0 saturated heterocycles. The Hall–Kier alpha value is -2.53. The first-order valence-corrected chi connectivity index (χ1v) is 7.24. The maximum atomic E-state index is 12.1. The zero-order chi connectivity index (χ0) is 15.5. The highest BCUT2D eigenvalue weighted by Gasteiger charge is 2.13. The van der Waals surface area contributed by atoms with Crippen molar-refractivity contribution in [1.29, 1.82) is 0 Å². The highest BCUT2D eigenvalue weighted by Crippen LogP contribution is 2.17. The van der Waals surface area contributed by atoms with Crippen molar-refractivity contribution in [2.45, 2.75) is 13.0 Å². The van der Waals surface area contributed by atoms with E-state index in [-0.39, 0.29) is 11.9 Å². The molecular formula is C16H15ClN4O. The molecule has 0 spiro atoms. The van der Waals surface area contributed by atoms with E-state index in [1.807, 2.05) is 42.0 Å². The van der Waals surface area contributed by atoms with Gasteiger partial charge in [0.05, 0.1) is 17.4 Å². The van der Waals surface area contributed by atoms with Crippen LogP contribution in [0.15, 0.2) is 55.2 Å². The second-order valence-electron chi connectivity index (χ2n) is 4.99. The van der Waals surface area contributed by atoms with E-state index in [9.17, 15) is 4.79 Å². The summed E-state index contributed by atoms with van der Waals surface area (Å²) < 4.78 is 1.92. The van der Waals surface area contributed by atoms with Crippen LogP contribution in [0, 0.1) is 0 Å². The minimum Gasteiger partial charge on any atom is -0.356 e. The van der Waals surface area contributed by atoms with E-state index in [2.05, 4.69) is 15.3 Å². The number of nitrogens with zero attached hydrogens (tertiary/aromatic N) is 2. The molecule has 0 aliphatic carbocycles. The molecule has 1 atom stereocenters. The average molecular weight is 315 g/mol. The number of benzene rings is 1. The molecule has 0 unspecified atom stereocenters. The number of amides is 1. The Labute approximate surface area is 133 Å². The van der Waals surface area contributed by atoms with Gasteiger partial charge in [-0.15, -0.1) is 0 Å². The number of imidazole rings is 1. The molecular weight excluding hydrogens is 300 g/mol. The minimum absolute atomic E-state index is 0.105. The molecule has 3 rings (SSSR count). The molecule has 0 aliphatic rings. The first kappa shape index (κ1) is 14.4. The summed E-state index contributed by atoms with van der Waals surface area (Å²) in [5, 5.41) is 3.45. The normalized spacial score (nSPS) is 12.1. The van der Waals surface area contributed by atoms with Gasteiger partial charge in [-0.2, -0.15) is 0 Å². The molecule has 0 bridgehead atoms. The highest BCUT2D eigenvalue weighted by atomic mass is 35.5. The summed E-state index contributed by atoms with van der Waals surface area (Å²) in [5.41, 5.74) is 2.50. The van der Waals surface area contributed by atoms with E-state index < -0.39 is 0 Å². The fourth-order valence-electron chi connectivity index (χ4n) is 2.20. The van der Waals surface area contributed by atoms with Gasteiger partial charge < -0.3 is 14.9 Å². The predicted octanol–water partition coefficient (Wildman–Crippen LogP) is 3.34. The van der Waals surface area contributed by atoms with Crippen LogP contribution in [0.5, 0.6) is 0 Å². The smallest absolute Gasteiger partial charge is 0.268 e. The zero-order valence-corrected chi connectivity index (χ0v) is 12.7. The Morgan fingerprint density at radius 1 is 1.36 bits per heavy atom. The van der Waals surface area contributed by atoms with E-state index in [4.69, 9.17) is 11.6 Å². The maximum Gasteiger partial charge on any atom is 0.268 e. The quantitative estimate of drug-likeness (QED) is 0.775. The lowest BCUT2D eigenvalue weighted by atomic mass is 10.1. The molecule has 2 N–H and O–H groups in total. The van der Waals surface area contributed by atoms with Gasteiger partial charge in [-0.3, -0.25) is 4.79 Å². The molecule has 22 heavy (non-hydrogen) atoms. The van der Waals surface area contributed by atoms with Crippen LogP contribution in [0.3, 0.4) is 0 Å². The van der Waals surface area contributed by atoms with E-state index in [1.54, 1.807) is 24.8 Å². The van der Waals surface area contributed by atoms with Crippen molar-refractivity contribution in [3.8, 4) is 5.69 Å². The molecule has 5 nitrogen and oxygen atoms in total. The van der Waals surface area contributed by atoms with Gasteiger partial charge in [0.1, 0.15) is 5.69 Å². The molecule has 1 amide bonds. The molecule has 3 aromatic rings. The Kier molecular flexibility index (Phi) is 3.98. The van der Waals surface area contributed by atoms with Crippen LogP contribution < -0.4 is 5.32 Å². The molecule has 0 saturated carbocycles. The first-order chi connectivity index (χ1) is 10.6. The van der Waals surface area contributed by atoms with Crippen molar-refractivity contribution in [3.05, 3.63) is 71.5 Å². The monoisotopic (exact) mass is 314 g/mol. The van der Waals surface area contributed by atoms with Crippen LogP contribution in [0.1, 0.15) is 29.0 Å². The molecule has 0 radical (unpaired) electrons. The fraction of sp³-hybridized carbons (Fsp3) is 0.125. The van der Waals surface area contributed by atoms with Gasteiger partial charge in [0, 0.05) is 24.3 Å². The number of aromatic amines is 1. The van der Waals surface area contributed by atoms with Crippen molar-refractivity contribution in [2.24, 2.45) is 0 Å². The summed E-state index contributed by atoms with van der Waals surface area (Å²) in [7, 11) is 0. The van der Waals surface area contributed by atoms with Gasteiger partial charge in [0.25, 0.3) is 5.91 Å². The van der Waals surface area contributed by atoms with Crippen molar-refractivity contribution >= 4 is 17.5 Å². The molecule has 1 aromatic carbocycles. The third-order valence-corrected chi connectivity index (χ3v) is 3.65. The van der Waals surface area contributed by atoms with Crippen LogP contribution in [0.2, 0.25) is 5.02 Å². The highest BCUT2D eigenvalue weighted by molar-refractivity contribution is 6.30. The number of H-pyrrole nitrogens is 1. The summed E-state index contributed by atoms with van der Waals surface area (Å²) in [6.45, 7) is 1.94. The molecule has 2 aromatic heterocycles. The lowest BCUT2D eigenvalue weighted by molar-refractivity contribution is 0.0935. The van der Waals surface area contributed by atoms with Crippen LogP contribution in [-0.4, -0.2) is 20.4 Å². The number of carbonyl (C=O) groups excluding carboxylic acids is 1. The second-order valence-corrected chi connectivity index (χ2v) is 5.42. The van der Waals surface area contributed by atoms with Crippen molar-refractivity contribution in [3.63, 3.8) is 0 Å². The third kappa shape index (κ3) is 3.04. The Bertz CT molecular complexity index is 762. The topological polar surface area (TPSA) is 62.7 Å². The number of halogens is 1. The number of hydrogen-bond donors (Lipinski definition) is 2. The van der Waals surface area contributed by atoms with Gasteiger partial charge in [-0.25, -0.2) is 4.98 Å². The zero-order valence-electron chi connectivity index (χ0n) is 12.0. The average Bonchev–Trinajstić information content (AvgIpc) is 3.18. The third-order valence-electron chi connectivity index (χ3n) is 3.44. The Morgan fingerprint density at radius 3 is 2.73 bits per heavy atom. The summed E-state index contributed by atoms with van der Waals surface area (Å²) in [5.74, 6) is -0.182. The molecule has 0 aliphatic heterocycles. The largest absolute Gasteiger partial charge is 0.356 e. The number of hydrogen-bond acceptors (Lipinski definition) is 2. The van der Waals surface area contributed by atoms with Crippen molar-refractivity contribution < 1.29 is 4.79 Å². The summed E-state index contributed by atoms with van der Waals surface area (Å²) >= 11 is 5.81. The van der Waals surface area contributed by atoms with Crippen LogP contribution in [0.4, 0.5) is 0 Å². The Morgan fingerprint density at radius 2 is 2.14 bits per heavy atom. The molecule has 112 valence electrons. The van der Waals surface area contributed by atoms with Crippen molar-refractivity contribution in [2.75, 3.05) is 0 Å². The van der Waals surface area contributed by atoms with E-state index in [1.165, 1.54) is 0 Å². The van der Waals surface area contributed by atoms with Crippen molar-refractivity contribution in [1.82, 2.24) is 19.9 Å². The van der Waals surface area contributed by atoms with Gasteiger partial charge in [0.2, 0.25) is 0 Å². The minimum atomic E-state index is -0.182. The number of rotatable bonds is 4. The standard InChI is InChI=1S/C16H15ClN4O/c1-11(20-16(22)15-8-13(17)9-19-15)12-2-4-14(5-3-12)21-7-6-18-10-21/h2-11,19H,1H3,(H,20,22)/t11-/m0/s1. The van der Waals surface area contributed by atoms with Gasteiger partial charge in [0.15, 0.2) is 0 Å². The van der Waals surface area contributed by atoms with Gasteiger partial charge in [-0.05, 0) is 30.7 Å². The summed E-state index contributed by atoms with van der Waals surface area (Å²) in [4.78, 5) is 18.9. The molecule has 0 fully saturated rings.